The van der Waals surface area contributed by atoms with Crippen LogP contribution in [0.3, 0.4) is 0 Å². The van der Waals surface area contributed by atoms with Gasteiger partial charge in [-0.3, -0.25) is 0 Å². The van der Waals surface area contributed by atoms with Crippen LogP contribution in [-0.2, 0) is 17.1 Å². The maximum atomic E-state index is 11.3. The normalized spacial score (nSPS) is 13.2. The second-order valence-electron chi connectivity index (χ2n) is 4.34. The Morgan fingerprint density at radius 3 is 2.74 bits per heavy atom. The SMILES string of the molecule is CC(Nc1cccc(S(N)(=O)=O)c1)c1nccn1C. The van der Waals surface area contributed by atoms with Gasteiger partial charge in [-0.25, -0.2) is 18.5 Å². The van der Waals surface area contributed by atoms with Crippen molar-refractivity contribution in [2.24, 2.45) is 12.2 Å². The smallest absolute Gasteiger partial charge is 0.238 e. The standard InChI is InChI=1S/C12H16N4O2S/c1-9(12-14-6-7-16(12)2)15-10-4-3-5-11(8-10)19(13,17)18/h3-9,15H,1-2H3,(H2,13,17,18). The van der Waals surface area contributed by atoms with E-state index in [2.05, 4.69) is 10.3 Å². The van der Waals surface area contributed by atoms with Crippen molar-refractivity contribution < 1.29 is 8.42 Å². The first-order valence-corrected chi connectivity index (χ1v) is 7.29. The lowest BCUT2D eigenvalue weighted by molar-refractivity contribution is 0.598. The lowest BCUT2D eigenvalue weighted by Gasteiger charge is -2.15. The molecule has 1 aromatic carbocycles. The number of rotatable bonds is 4. The topological polar surface area (TPSA) is 90.0 Å². The highest BCUT2D eigenvalue weighted by Crippen LogP contribution is 2.20. The molecule has 19 heavy (non-hydrogen) atoms. The summed E-state index contributed by atoms with van der Waals surface area (Å²) in [5.74, 6) is 0.862. The zero-order valence-electron chi connectivity index (χ0n) is 10.7. The van der Waals surface area contributed by atoms with Crippen LogP contribution in [0.5, 0.6) is 0 Å². The van der Waals surface area contributed by atoms with Crippen LogP contribution in [0.15, 0.2) is 41.6 Å². The number of hydrogen-bond donors (Lipinski definition) is 2. The number of aromatic nitrogens is 2. The highest BCUT2D eigenvalue weighted by Gasteiger charge is 2.12. The molecule has 1 atom stereocenters. The summed E-state index contributed by atoms with van der Waals surface area (Å²) < 4.78 is 24.5. The Morgan fingerprint density at radius 1 is 1.42 bits per heavy atom. The molecular formula is C12H16N4O2S. The quantitative estimate of drug-likeness (QED) is 0.881. The van der Waals surface area contributed by atoms with Gasteiger partial charge in [0.15, 0.2) is 0 Å². The molecule has 0 saturated heterocycles. The number of sulfonamides is 1. The Morgan fingerprint density at radius 2 is 2.16 bits per heavy atom. The number of hydrogen-bond acceptors (Lipinski definition) is 4. The summed E-state index contributed by atoms with van der Waals surface area (Å²) in [5, 5.41) is 8.30. The summed E-state index contributed by atoms with van der Waals surface area (Å²) in [6, 6.07) is 6.36. The summed E-state index contributed by atoms with van der Waals surface area (Å²) in [5.41, 5.74) is 0.682. The van der Waals surface area contributed by atoms with Crippen LogP contribution >= 0.6 is 0 Å². The number of anilines is 1. The van der Waals surface area contributed by atoms with Crippen LogP contribution < -0.4 is 10.5 Å². The molecule has 0 saturated carbocycles. The molecule has 0 fully saturated rings. The van der Waals surface area contributed by atoms with Gasteiger partial charge in [0.25, 0.3) is 0 Å². The number of nitrogens with one attached hydrogen (secondary N) is 1. The van der Waals surface area contributed by atoms with Crippen molar-refractivity contribution in [2.45, 2.75) is 17.9 Å². The summed E-state index contributed by atoms with van der Waals surface area (Å²) >= 11 is 0. The number of nitrogens with two attached hydrogens (primary N) is 1. The first-order chi connectivity index (χ1) is 8.88. The molecule has 2 rings (SSSR count). The molecule has 0 radical (unpaired) electrons. The molecule has 0 bridgehead atoms. The fourth-order valence-corrected chi connectivity index (χ4v) is 2.43. The molecule has 0 spiro atoms. The summed E-state index contributed by atoms with van der Waals surface area (Å²) in [6.07, 6.45) is 3.57. The molecule has 1 heterocycles. The predicted molar refractivity (Wildman–Crippen MR) is 73.1 cm³/mol. The van der Waals surface area contributed by atoms with Gasteiger partial charge in [0.2, 0.25) is 10.0 Å². The predicted octanol–water partition coefficient (Wildman–Crippen LogP) is 1.24. The number of aryl methyl sites for hydroxylation is 1. The van der Waals surface area contributed by atoms with Gasteiger partial charge in [-0.1, -0.05) is 6.07 Å². The van der Waals surface area contributed by atoms with Gasteiger partial charge >= 0.3 is 0 Å². The van der Waals surface area contributed by atoms with Crippen LogP contribution in [0.2, 0.25) is 0 Å². The van der Waals surface area contributed by atoms with Crippen molar-refractivity contribution in [3.8, 4) is 0 Å². The number of nitrogens with zero attached hydrogens (tertiary/aromatic N) is 2. The van der Waals surface area contributed by atoms with Gasteiger partial charge in [-0.05, 0) is 25.1 Å². The van der Waals surface area contributed by atoms with Crippen LogP contribution in [-0.4, -0.2) is 18.0 Å². The maximum absolute atomic E-state index is 11.3. The van der Waals surface area contributed by atoms with Crippen LogP contribution in [0.25, 0.3) is 0 Å². The van der Waals surface area contributed by atoms with Crippen molar-refractivity contribution in [1.29, 1.82) is 0 Å². The highest BCUT2D eigenvalue weighted by atomic mass is 32.2. The Kier molecular flexibility index (Phi) is 3.59. The first-order valence-electron chi connectivity index (χ1n) is 5.74. The lowest BCUT2D eigenvalue weighted by atomic mass is 10.2. The minimum absolute atomic E-state index is 0.0456. The van der Waals surface area contributed by atoms with Crippen molar-refractivity contribution in [3.05, 3.63) is 42.5 Å². The van der Waals surface area contributed by atoms with Gasteiger partial charge in [-0.2, -0.15) is 0 Å². The third-order valence-electron chi connectivity index (χ3n) is 2.79. The van der Waals surface area contributed by atoms with E-state index in [1.54, 1.807) is 18.3 Å². The van der Waals surface area contributed by atoms with Crippen molar-refractivity contribution in [1.82, 2.24) is 9.55 Å². The average molecular weight is 280 g/mol. The monoisotopic (exact) mass is 280 g/mol. The molecular weight excluding hydrogens is 264 g/mol. The van der Waals surface area contributed by atoms with E-state index in [4.69, 9.17) is 5.14 Å². The minimum atomic E-state index is -3.68. The largest absolute Gasteiger partial charge is 0.375 e. The van der Waals surface area contributed by atoms with E-state index in [1.807, 2.05) is 24.7 Å². The Balaban J connectivity index is 2.23. The van der Waals surface area contributed by atoms with Crippen LogP contribution in [0.1, 0.15) is 18.8 Å². The maximum Gasteiger partial charge on any atom is 0.238 e. The molecule has 3 N–H and O–H groups in total. The third kappa shape index (κ3) is 3.12. The number of benzene rings is 1. The molecule has 0 aliphatic carbocycles. The summed E-state index contributed by atoms with van der Waals surface area (Å²) in [7, 11) is -1.78. The van der Waals surface area contributed by atoms with E-state index in [-0.39, 0.29) is 10.9 Å². The molecule has 2 aromatic rings. The zero-order chi connectivity index (χ0) is 14.0. The minimum Gasteiger partial charge on any atom is -0.375 e. The summed E-state index contributed by atoms with van der Waals surface area (Å²) in [6.45, 7) is 1.95. The third-order valence-corrected chi connectivity index (χ3v) is 3.70. The van der Waals surface area contributed by atoms with Crippen molar-refractivity contribution >= 4 is 15.7 Å². The lowest BCUT2D eigenvalue weighted by Crippen LogP contribution is -2.14. The number of imidazole rings is 1. The van der Waals surface area contributed by atoms with E-state index < -0.39 is 10.0 Å². The molecule has 0 amide bonds. The second kappa shape index (κ2) is 5.02. The molecule has 6 nitrogen and oxygen atoms in total. The number of primary sulfonamides is 1. The van der Waals surface area contributed by atoms with E-state index in [9.17, 15) is 8.42 Å². The fourth-order valence-electron chi connectivity index (χ4n) is 1.87. The Bertz CT molecular complexity index is 679. The second-order valence-corrected chi connectivity index (χ2v) is 5.90. The molecule has 1 aromatic heterocycles. The summed E-state index contributed by atoms with van der Waals surface area (Å²) in [4.78, 5) is 4.33. The molecule has 7 heteroatoms. The van der Waals surface area contributed by atoms with Crippen molar-refractivity contribution in [3.63, 3.8) is 0 Å². The van der Waals surface area contributed by atoms with E-state index >= 15 is 0 Å². The van der Waals surface area contributed by atoms with E-state index in [0.717, 1.165) is 5.82 Å². The van der Waals surface area contributed by atoms with Crippen molar-refractivity contribution in [2.75, 3.05) is 5.32 Å². The first kappa shape index (κ1) is 13.6. The molecule has 0 aliphatic heterocycles. The zero-order valence-corrected chi connectivity index (χ0v) is 11.6. The van der Waals surface area contributed by atoms with E-state index in [1.165, 1.54) is 12.1 Å². The highest BCUT2D eigenvalue weighted by molar-refractivity contribution is 7.89. The van der Waals surface area contributed by atoms with Crippen LogP contribution in [0.4, 0.5) is 5.69 Å². The van der Waals surface area contributed by atoms with Gasteiger partial charge in [0.05, 0.1) is 10.9 Å². The van der Waals surface area contributed by atoms with Crippen LogP contribution in [0, 0.1) is 0 Å². The van der Waals surface area contributed by atoms with Gasteiger partial charge in [0, 0.05) is 25.1 Å². The average Bonchev–Trinajstić information content (AvgIpc) is 2.75. The van der Waals surface area contributed by atoms with Gasteiger partial charge in [-0.15, -0.1) is 0 Å². The Labute approximate surface area is 112 Å². The molecule has 0 aliphatic rings. The molecule has 102 valence electrons. The molecule has 1 unspecified atom stereocenters. The van der Waals surface area contributed by atoms with Gasteiger partial charge < -0.3 is 9.88 Å². The van der Waals surface area contributed by atoms with E-state index in [0.29, 0.717) is 5.69 Å². The fraction of sp³-hybridized carbons (Fsp3) is 0.250. The van der Waals surface area contributed by atoms with Gasteiger partial charge in [0.1, 0.15) is 5.82 Å². The Hall–Kier alpha value is -1.86.